The molecule has 0 spiro atoms. The minimum Gasteiger partial charge on any atom is -0.497 e. The lowest BCUT2D eigenvalue weighted by Gasteiger charge is -2.29. The second-order valence-electron chi connectivity index (χ2n) is 8.00. The number of methoxy groups -OCH3 is 2. The molecule has 2 amide bonds. The number of carbonyl (C=O) groups excluding carboxylic acids is 2. The first-order valence-electron chi connectivity index (χ1n) is 10.3. The molecule has 3 rings (SSSR count). The van der Waals surface area contributed by atoms with E-state index in [1.807, 2.05) is 13.8 Å². The number of fused-ring (bicyclic) bond motifs is 1. The quantitative estimate of drug-likeness (QED) is 0.657. The van der Waals surface area contributed by atoms with E-state index in [2.05, 4.69) is 10.6 Å². The molecule has 0 radical (unpaired) electrons. The predicted octanol–water partition coefficient (Wildman–Crippen LogP) is 2.49. The van der Waals surface area contributed by atoms with Crippen LogP contribution in [0.3, 0.4) is 0 Å². The van der Waals surface area contributed by atoms with Crippen LogP contribution >= 0.6 is 0 Å². The number of amides is 2. The van der Waals surface area contributed by atoms with E-state index in [9.17, 15) is 18.0 Å². The van der Waals surface area contributed by atoms with Crippen LogP contribution in [0.25, 0.3) is 0 Å². The summed E-state index contributed by atoms with van der Waals surface area (Å²) in [4.78, 5) is 26.2. The van der Waals surface area contributed by atoms with Crippen molar-refractivity contribution in [1.29, 1.82) is 0 Å². The molecule has 0 saturated heterocycles. The Morgan fingerprint density at radius 3 is 2.25 bits per heavy atom. The molecule has 0 aliphatic carbocycles. The van der Waals surface area contributed by atoms with Crippen LogP contribution in [0.15, 0.2) is 47.4 Å². The summed E-state index contributed by atoms with van der Waals surface area (Å²) >= 11 is 0. The molecule has 0 fully saturated rings. The SMILES string of the molecule is COc1cc(OC)cc(C(=O)N[C@H](C(=O)N[C@H]2CCS(=O)(=O)c3ccccc32)C(C)C)c1. The zero-order chi connectivity index (χ0) is 23.5. The van der Waals surface area contributed by atoms with Crippen LogP contribution in [-0.4, -0.2) is 46.2 Å². The van der Waals surface area contributed by atoms with Crippen molar-refractivity contribution in [3.05, 3.63) is 53.6 Å². The van der Waals surface area contributed by atoms with Crippen LogP contribution < -0.4 is 20.1 Å². The van der Waals surface area contributed by atoms with E-state index in [0.29, 0.717) is 22.6 Å². The van der Waals surface area contributed by atoms with E-state index in [1.165, 1.54) is 14.2 Å². The van der Waals surface area contributed by atoms with Crippen molar-refractivity contribution < 1.29 is 27.5 Å². The van der Waals surface area contributed by atoms with Gasteiger partial charge in [-0.3, -0.25) is 9.59 Å². The second-order valence-corrected chi connectivity index (χ2v) is 10.1. The highest BCUT2D eigenvalue weighted by Gasteiger charge is 2.33. The smallest absolute Gasteiger partial charge is 0.252 e. The van der Waals surface area contributed by atoms with Gasteiger partial charge in [0, 0.05) is 11.6 Å². The van der Waals surface area contributed by atoms with Gasteiger partial charge in [0.1, 0.15) is 17.5 Å². The molecule has 0 unspecified atom stereocenters. The number of benzene rings is 2. The van der Waals surface area contributed by atoms with E-state index < -0.39 is 27.8 Å². The normalized spacial score (nSPS) is 17.7. The van der Waals surface area contributed by atoms with Crippen molar-refractivity contribution in [3.8, 4) is 11.5 Å². The summed E-state index contributed by atoms with van der Waals surface area (Å²) in [5.74, 6) is -0.142. The average molecular weight is 461 g/mol. The summed E-state index contributed by atoms with van der Waals surface area (Å²) in [6, 6.07) is 10.2. The lowest BCUT2D eigenvalue weighted by molar-refractivity contribution is -0.124. The number of ether oxygens (including phenoxy) is 2. The van der Waals surface area contributed by atoms with E-state index in [1.54, 1.807) is 42.5 Å². The van der Waals surface area contributed by atoms with Gasteiger partial charge < -0.3 is 20.1 Å². The minimum absolute atomic E-state index is 0.0444. The first-order valence-corrected chi connectivity index (χ1v) is 12.0. The zero-order valence-electron chi connectivity index (χ0n) is 18.5. The lowest BCUT2D eigenvalue weighted by Crippen LogP contribution is -2.51. The molecule has 0 bridgehead atoms. The van der Waals surface area contributed by atoms with Crippen molar-refractivity contribution in [2.75, 3.05) is 20.0 Å². The third-order valence-electron chi connectivity index (χ3n) is 5.47. The van der Waals surface area contributed by atoms with Gasteiger partial charge in [-0.1, -0.05) is 32.0 Å². The van der Waals surface area contributed by atoms with Gasteiger partial charge in [-0.15, -0.1) is 0 Å². The van der Waals surface area contributed by atoms with Gasteiger partial charge in [0.25, 0.3) is 5.91 Å². The summed E-state index contributed by atoms with van der Waals surface area (Å²) in [5.41, 5.74) is 0.868. The average Bonchev–Trinajstić information content (AvgIpc) is 2.78. The molecule has 2 atom stereocenters. The topological polar surface area (TPSA) is 111 Å². The van der Waals surface area contributed by atoms with Crippen molar-refractivity contribution in [2.45, 2.75) is 37.2 Å². The maximum atomic E-state index is 13.1. The lowest BCUT2D eigenvalue weighted by atomic mass is 9.99. The monoisotopic (exact) mass is 460 g/mol. The molecule has 1 aliphatic rings. The number of nitrogens with one attached hydrogen (secondary N) is 2. The summed E-state index contributed by atoms with van der Waals surface area (Å²) in [6.07, 6.45) is 0.275. The van der Waals surface area contributed by atoms with Crippen LogP contribution in [0.1, 0.15) is 42.2 Å². The Morgan fingerprint density at radius 1 is 1.03 bits per heavy atom. The van der Waals surface area contributed by atoms with E-state index in [4.69, 9.17) is 9.47 Å². The molecule has 2 N–H and O–H groups in total. The highest BCUT2D eigenvalue weighted by molar-refractivity contribution is 7.91. The van der Waals surface area contributed by atoms with E-state index >= 15 is 0 Å². The third kappa shape index (κ3) is 5.04. The Labute approximate surface area is 188 Å². The Bertz CT molecular complexity index is 1090. The van der Waals surface area contributed by atoms with Gasteiger partial charge >= 0.3 is 0 Å². The Hall–Kier alpha value is -3.07. The maximum absolute atomic E-state index is 13.1. The van der Waals surface area contributed by atoms with Crippen molar-refractivity contribution in [3.63, 3.8) is 0 Å². The van der Waals surface area contributed by atoms with Crippen LogP contribution in [0.2, 0.25) is 0 Å². The van der Waals surface area contributed by atoms with Crippen molar-refractivity contribution in [2.24, 2.45) is 5.92 Å². The van der Waals surface area contributed by atoms with Gasteiger partial charge in [0.05, 0.1) is 30.9 Å². The number of sulfone groups is 1. The highest BCUT2D eigenvalue weighted by atomic mass is 32.2. The predicted molar refractivity (Wildman–Crippen MR) is 120 cm³/mol. The third-order valence-corrected chi connectivity index (χ3v) is 7.29. The standard InChI is InChI=1S/C23H28N2O6S/c1-14(2)21(25-22(26)15-11-16(30-3)13-17(12-15)31-4)23(27)24-19-9-10-32(28,29)20-8-6-5-7-18(19)20/h5-8,11-14,19,21H,9-10H2,1-4H3,(H,24,27)(H,25,26)/t19-,21-/m0/s1. The molecule has 172 valence electrons. The van der Waals surface area contributed by atoms with Crippen molar-refractivity contribution >= 4 is 21.7 Å². The highest BCUT2D eigenvalue weighted by Crippen LogP contribution is 2.32. The molecule has 0 saturated carbocycles. The maximum Gasteiger partial charge on any atom is 0.252 e. The molecule has 1 aliphatic heterocycles. The number of hydrogen-bond acceptors (Lipinski definition) is 6. The number of rotatable bonds is 7. The Balaban J connectivity index is 1.80. The fourth-order valence-corrected chi connectivity index (χ4v) is 5.32. The number of hydrogen-bond donors (Lipinski definition) is 2. The molecule has 9 heteroatoms. The zero-order valence-corrected chi connectivity index (χ0v) is 19.4. The second kappa shape index (κ2) is 9.60. The van der Waals surface area contributed by atoms with E-state index in [0.717, 1.165) is 0 Å². The van der Waals surface area contributed by atoms with Gasteiger partial charge in [0.15, 0.2) is 9.84 Å². The fourth-order valence-electron chi connectivity index (χ4n) is 3.70. The largest absolute Gasteiger partial charge is 0.497 e. The molecular formula is C23H28N2O6S. The van der Waals surface area contributed by atoms with Crippen LogP contribution in [0.4, 0.5) is 0 Å². The Morgan fingerprint density at radius 2 is 1.66 bits per heavy atom. The summed E-state index contributed by atoms with van der Waals surface area (Å²) in [6.45, 7) is 3.66. The van der Waals surface area contributed by atoms with Gasteiger partial charge in [-0.2, -0.15) is 0 Å². The minimum atomic E-state index is -3.36. The van der Waals surface area contributed by atoms with Crippen LogP contribution in [-0.2, 0) is 14.6 Å². The first kappa shape index (κ1) is 23.6. The van der Waals surface area contributed by atoms with Gasteiger partial charge in [0.2, 0.25) is 5.91 Å². The molecule has 1 heterocycles. The first-order chi connectivity index (χ1) is 15.2. The molecule has 2 aromatic carbocycles. The van der Waals surface area contributed by atoms with Crippen LogP contribution in [0.5, 0.6) is 11.5 Å². The number of carbonyl (C=O) groups is 2. The molecule has 8 nitrogen and oxygen atoms in total. The fraction of sp³-hybridized carbons (Fsp3) is 0.391. The summed E-state index contributed by atoms with van der Waals surface area (Å²) in [7, 11) is -0.382. The summed E-state index contributed by atoms with van der Waals surface area (Å²) < 4.78 is 35.1. The van der Waals surface area contributed by atoms with E-state index in [-0.39, 0.29) is 28.9 Å². The van der Waals surface area contributed by atoms with Gasteiger partial charge in [-0.25, -0.2) is 8.42 Å². The molecular weight excluding hydrogens is 432 g/mol. The van der Waals surface area contributed by atoms with Gasteiger partial charge in [-0.05, 0) is 36.1 Å². The molecule has 32 heavy (non-hydrogen) atoms. The van der Waals surface area contributed by atoms with Crippen molar-refractivity contribution in [1.82, 2.24) is 10.6 Å². The molecule has 0 aromatic heterocycles. The summed E-state index contributed by atoms with van der Waals surface area (Å²) in [5, 5.41) is 5.71. The Kier molecular flexibility index (Phi) is 7.08. The molecule has 2 aromatic rings. The van der Waals surface area contributed by atoms with Crippen LogP contribution in [0, 0.1) is 5.92 Å².